The summed E-state index contributed by atoms with van der Waals surface area (Å²) in [5.41, 5.74) is 1.75. The predicted octanol–water partition coefficient (Wildman–Crippen LogP) is 4.22. The molecule has 0 saturated carbocycles. The van der Waals surface area contributed by atoms with E-state index >= 15 is 0 Å². The Balaban J connectivity index is 2.14. The first kappa shape index (κ1) is 13.2. The average Bonchev–Trinajstić information content (AvgIpc) is 2.40. The van der Waals surface area contributed by atoms with E-state index in [1.807, 2.05) is 0 Å². The van der Waals surface area contributed by atoms with Gasteiger partial charge in [0.2, 0.25) is 5.91 Å². The minimum atomic E-state index is -0.534. The quantitative estimate of drug-likeness (QED) is 0.855. The maximum absolute atomic E-state index is 13.7. The number of halogens is 3. The van der Waals surface area contributed by atoms with E-state index in [-0.39, 0.29) is 17.5 Å². The highest BCUT2D eigenvalue weighted by molar-refractivity contribution is 6.31. The molecule has 3 nitrogen and oxygen atoms in total. The molecule has 1 amide bonds. The first-order valence-corrected chi connectivity index (χ1v) is 6.62. The van der Waals surface area contributed by atoms with Crippen LogP contribution >= 0.6 is 23.2 Å². The Morgan fingerprint density at radius 1 is 1.20 bits per heavy atom. The average molecular weight is 311 g/mol. The van der Waals surface area contributed by atoms with Gasteiger partial charge in [-0.25, -0.2) is 4.39 Å². The number of nitrogens with one attached hydrogen (secondary N) is 1. The first-order chi connectivity index (χ1) is 9.54. The van der Waals surface area contributed by atoms with Crippen LogP contribution in [0.15, 0.2) is 36.4 Å². The minimum Gasteiger partial charge on any atom is -0.330 e. The Morgan fingerprint density at radius 3 is 2.75 bits per heavy atom. The van der Waals surface area contributed by atoms with E-state index in [1.54, 1.807) is 29.2 Å². The van der Waals surface area contributed by atoms with Crippen molar-refractivity contribution in [2.75, 3.05) is 16.8 Å². The van der Waals surface area contributed by atoms with Crippen LogP contribution in [0.2, 0.25) is 10.0 Å². The smallest absolute Gasteiger partial charge is 0.244 e. The summed E-state index contributed by atoms with van der Waals surface area (Å²) in [4.78, 5) is 13.5. The Bertz CT molecular complexity index is 706. The van der Waals surface area contributed by atoms with Crippen molar-refractivity contribution in [3.8, 4) is 0 Å². The lowest BCUT2D eigenvalue weighted by Gasteiger charge is -2.31. The van der Waals surface area contributed by atoms with E-state index in [0.717, 1.165) is 5.69 Å². The highest BCUT2D eigenvalue weighted by Crippen LogP contribution is 2.38. The normalized spacial score (nSPS) is 13.9. The zero-order valence-corrected chi connectivity index (χ0v) is 11.7. The number of hydrogen-bond acceptors (Lipinski definition) is 2. The maximum Gasteiger partial charge on any atom is 0.244 e. The Kier molecular flexibility index (Phi) is 3.28. The number of anilines is 3. The van der Waals surface area contributed by atoms with Crippen LogP contribution in [0.4, 0.5) is 21.5 Å². The van der Waals surface area contributed by atoms with Gasteiger partial charge in [-0.3, -0.25) is 4.79 Å². The molecule has 1 heterocycles. The summed E-state index contributed by atoms with van der Waals surface area (Å²) in [5.74, 6) is -0.728. The number of amides is 1. The summed E-state index contributed by atoms with van der Waals surface area (Å²) in [6, 6.07) is 9.74. The van der Waals surface area contributed by atoms with Gasteiger partial charge in [0.1, 0.15) is 12.4 Å². The van der Waals surface area contributed by atoms with Gasteiger partial charge in [0.15, 0.2) is 0 Å². The number of carbonyl (C=O) groups excluding carboxylic acids is 1. The summed E-state index contributed by atoms with van der Waals surface area (Å²) in [6.45, 7) is 0.0917. The van der Waals surface area contributed by atoms with Crippen molar-refractivity contribution in [1.82, 2.24) is 0 Å². The molecule has 1 aliphatic rings. The minimum absolute atomic E-state index is 0.0306. The third-order valence-corrected chi connectivity index (χ3v) is 3.55. The molecule has 0 radical (unpaired) electrons. The molecule has 102 valence electrons. The largest absolute Gasteiger partial charge is 0.330 e. The van der Waals surface area contributed by atoms with Gasteiger partial charge >= 0.3 is 0 Å². The van der Waals surface area contributed by atoms with Crippen molar-refractivity contribution < 1.29 is 9.18 Å². The van der Waals surface area contributed by atoms with Crippen LogP contribution in [0, 0.1) is 5.82 Å². The molecule has 0 unspecified atom stereocenters. The lowest BCUT2D eigenvalue weighted by Crippen LogP contribution is -2.35. The van der Waals surface area contributed by atoms with Crippen molar-refractivity contribution in [3.05, 3.63) is 52.3 Å². The Hall–Kier alpha value is -1.78. The van der Waals surface area contributed by atoms with Gasteiger partial charge in [0.25, 0.3) is 0 Å². The van der Waals surface area contributed by atoms with Gasteiger partial charge < -0.3 is 10.2 Å². The van der Waals surface area contributed by atoms with Crippen LogP contribution in [0.5, 0.6) is 0 Å². The number of benzene rings is 2. The van der Waals surface area contributed by atoms with E-state index in [9.17, 15) is 9.18 Å². The van der Waals surface area contributed by atoms with Crippen molar-refractivity contribution in [1.29, 1.82) is 0 Å². The predicted molar refractivity (Wildman–Crippen MR) is 78.5 cm³/mol. The molecule has 0 spiro atoms. The van der Waals surface area contributed by atoms with E-state index in [4.69, 9.17) is 23.2 Å². The molecule has 0 bridgehead atoms. The van der Waals surface area contributed by atoms with Crippen LogP contribution in [0.25, 0.3) is 0 Å². The number of fused-ring (bicyclic) bond motifs is 1. The Labute approximate surface area is 124 Å². The molecule has 0 fully saturated rings. The van der Waals surface area contributed by atoms with Crippen LogP contribution in [-0.4, -0.2) is 12.5 Å². The van der Waals surface area contributed by atoms with Gasteiger partial charge in [-0.15, -0.1) is 0 Å². The lowest BCUT2D eigenvalue weighted by atomic mass is 10.1. The van der Waals surface area contributed by atoms with Crippen molar-refractivity contribution in [3.63, 3.8) is 0 Å². The van der Waals surface area contributed by atoms with Gasteiger partial charge in [0, 0.05) is 16.8 Å². The second kappa shape index (κ2) is 4.96. The van der Waals surface area contributed by atoms with Crippen molar-refractivity contribution >= 4 is 46.2 Å². The lowest BCUT2D eigenvalue weighted by molar-refractivity contribution is -0.115. The fourth-order valence-corrected chi connectivity index (χ4v) is 2.50. The molecule has 2 aromatic rings. The van der Waals surface area contributed by atoms with Crippen LogP contribution in [-0.2, 0) is 4.79 Å². The summed E-state index contributed by atoms with van der Waals surface area (Å²) >= 11 is 11.7. The molecule has 2 aromatic carbocycles. The van der Waals surface area contributed by atoms with Gasteiger partial charge in [-0.2, -0.15) is 0 Å². The maximum atomic E-state index is 13.7. The topological polar surface area (TPSA) is 32.3 Å². The molecule has 1 N–H and O–H groups in total. The molecule has 0 saturated heterocycles. The number of nitrogens with zero attached hydrogens (tertiary/aromatic N) is 1. The summed E-state index contributed by atoms with van der Waals surface area (Å²) in [5, 5.41) is 3.19. The molecule has 6 heteroatoms. The third kappa shape index (κ3) is 2.32. The van der Waals surface area contributed by atoms with E-state index < -0.39 is 5.82 Å². The summed E-state index contributed by atoms with van der Waals surface area (Å²) < 4.78 is 13.7. The molecule has 1 aliphatic heterocycles. The van der Waals surface area contributed by atoms with Gasteiger partial charge in [0.05, 0.1) is 16.4 Å². The molecule has 3 rings (SSSR count). The zero-order chi connectivity index (χ0) is 14.3. The second-order valence-electron chi connectivity index (χ2n) is 4.40. The number of carbonyl (C=O) groups is 1. The zero-order valence-electron chi connectivity index (χ0n) is 10.2. The highest BCUT2D eigenvalue weighted by Gasteiger charge is 2.25. The molecule has 0 aliphatic carbocycles. The van der Waals surface area contributed by atoms with Gasteiger partial charge in [-0.1, -0.05) is 29.3 Å². The Morgan fingerprint density at radius 2 is 2.00 bits per heavy atom. The number of hydrogen-bond donors (Lipinski definition) is 1. The summed E-state index contributed by atoms with van der Waals surface area (Å²) in [6.07, 6.45) is 0. The van der Waals surface area contributed by atoms with Crippen LogP contribution in [0.1, 0.15) is 0 Å². The molecule has 0 aromatic heterocycles. The first-order valence-electron chi connectivity index (χ1n) is 5.86. The van der Waals surface area contributed by atoms with E-state index in [1.165, 1.54) is 12.1 Å². The highest BCUT2D eigenvalue weighted by atomic mass is 35.5. The molecular formula is C14H9Cl2FN2O. The number of rotatable bonds is 1. The van der Waals surface area contributed by atoms with Crippen molar-refractivity contribution in [2.24, 2.45) is 0 Å². The third-order valence-electron chi connectivity index (χ3n) is 3.03. The molecule has 0 atom stereocenters. The second-order valence-corrected chi connectivity index (χ2v) is 5.24. The fraction of sp³-hybridized carbons (Fsp3) is 0.0714. The summed E-state index contributed by atoms with van der Waals surface area (Å²) in [7, 11) is 0. The van der Waals surface area contributed by atoms with E-state index in [2.05, 4.69) is 5.32 Å². The van der Waals surface area contributed by atoms with E-state index in [0.29, 0.717) is 16.4 Å². The monoisotopic (exact) mass is 310 g/mol. The fourth-order valence-electron chi connectivity index (χ4n) is 2.15. The molecular weight excluding hydrogens is 302 g/mol. The molecule has 20 heavy (non-hydrogen) atoms. The SMILES string of the molecule is O=C1CN(c2cccc(Cl)c2)c2cc(F)c(Cl)cc2N1. The van der Waals surface area contributed by atoms with Crippen molar-refractivity contribution in [2.45, 2.75) is 0 Å². The van der Waals surface area contributed by atoms with Gasteiger partial charge in [-0.05, 0) is 24.3 Å². The van der Waals surface area contributed by atoms with Crippen LogP contribution in [0.3, 0.4) is 0 Å². The van der Waals surface area contributed by atoms with Crippen LogP contribution < -0.4 is 10.2 Å². The standard InChI is InChI=1S/C14H9Cl2FN2O/c15-8-2-1-3-9(4-8)19-7-14(20)18-12-5-10(16)11(17)6-13(12)19/h1-6H,7H2,(H,18,20).